The van der Waals surface area contributed by atoms with E-state index in [1.54, 1.807) is 0 Å². The minimum absolute atomic E-state index is 0.356. The highest BCUT2D eigenvalue weighted by Gasteiger charge is 2.61. The normalized spacial score (nSPS) is 21.8. The molecule has 0 saturated heterocycles. The summed E-state index contributed by atoms with van der Waals surface area (Å²) in [5.74, 6) is -3.64. The summed E-state index contributed by atoms with van der Waals surface area (Å²) in [6.45, 7) is 0. The van der Waals surface area contributed by atoms with Crippen LogP contribution in [0.4, 0.5) is 8.78 Å². The molecule has 1 aliphatic carbocycles. The van der Waals surface area contributed by atoms with Gasteiger partial charge in [-0.25, -0.2) is 0 Å². The summed E-state index contributed by atoms with van der Waals surface area (Å²) >= 11 is 0. The van der Waals surface area contributed by atoms with Crippen LogP contribution in [0.2, 0.25) is 0 Å². The summed E-state index contributed by atoms with van der Waals surface area (Å²) in [4.78, 5) is 0. The van der Waals surface area contributed by atoms with Gasteiger partial charge in [-0.1, -0.05) is 0 Å². The van der Waals surface area contributed by atoms with Crippen molar-refractivity contribution in [3.63, 3.8) is 0 Å². The van der Waals surface area contributed by atoms with Gasteiger partial charge in [-0.3, -0.25) is 0 Å². The van der Waals surface area contributed by atoms with Crippen molar-refractivity contribution in [2.24, 2.45) is 0 Å². The summed E-state index contributed by atoms with van der Waals surface area (Å²) in [7, 11) is 2.38. The molecule has 0 aromatic carbocycles. The Morgan fingerprint density at radius 1 is 1.11 bits per heavy atom. The van der Waals surface area contributed by atoms with Gasteiger partial charge in [0.05, 0.1) is 14.2 Å². The highest BCUT2D eigenvalue weighted by atomic mass is 19.3. The third-order valence-corrected chi connectivity index (χ3v) is 1.12. The second kappa shape index (κ2) is 1.59. The van der Waals surface area contributed by atoms with Gasteiger partial charge in [0.1, 0.15) is 0 Å². The molecule has 0 aromatic rings. The molecule has 9 heavy (non-hydrogen) atoms. The lowest BCUT2D eigenvalue weighted by Crippen LogP contribution is -1.98. The fourth-order valence-electron chi connectivity index (χ4n) is 0.638. The molecule has 0 radical (unpaired) electrons. The van der Waals surface area contributed by atoms with Gasteiger partial charge >= 0.3 is 5.92 Å². The Bertz CT molecular complexity index is 146. The molecule has 0 N–H and O–H groups in total. The summed E-state index contributed by atoms with van der Waals surface area (Å²) < 4.78 is 32.8. The van der Waals surface area contributed by atoms with Gasteiger partial charge in [0.25, 0.3) is 0 Å². The van der Waals surface area contributed by atoms with Crippen molar-refractivity contribution >= 4 is 0 Å². The minimum atomic E-state index is -2.93. The third-order valence-electron chi connectivity index (χ3n) is 1.12. The quantitative estimate of drug-likeness (QED) is 0.566. The van der Waals surface area contributed by atoms with Crippen molar-refractivity contribution in [1.29, 1.82) is 0 Å². The van der Waals surface area contributed by atoms with Crippen LogP contribution in [0.5, 0.6) is 0 Å². The van der Waals surface area contributed by atoms with Crippen molar-refractivity contribution in [3.8, 4) is 0 Å². The molecule has 0 aromatic heterocycles. The fourth-order valence-corrected chi connectivity index (χ4v) is 0.638. The second-order valence-electron chi connectivity index (χ2n) is 1.64. The molecular formula is C5H6F2O2. The van der Waals surface area contributed by atoms with E-state index >= 15 is 0 Å². The number of ether oxygens (including phenoxy) is 2. The Kier molecular flexibility index (Phi) is 1.12. The topological polar surface area (TPSA) is 18.5 Å². The minimum Gasteiger partial charge on any atom is -0.491 e. The molecule has 52 valence electrons. The van der Waals surface area contributed by atoms with Crippen molar-refractivity contribution in [2.75, 3.05) is 14.2 Å². The van der Waals surface area contributed by atoms with E-state index in [1.165, 1.54) is 14.2 Å². The maximum Gasteiger partial charge on any atom is 0.367 e. The summed E-state index contributed by atoms with van der Waals surface area (Å²) in [5, 5.41) is 0. The van der Waals surface area contributed by atoms with Crippen LogP contribution in [0.15, 0.2) is 11.5 Å². The van der Waals surface area contributed by atoms with Crippen LogP contribution in [0.1, 0.15) is 0 Å². The highest BCUT2D eigenvalue weighted by Crippen LogP contribution is 2.49. The van der Waals surface area contributed by atoms with Gasteiger partial charge in [0, 0.05) is 0 Å². The van der Waals surface area contributed by atoms with E-state index < -0.39 is 5.92 Å². The van der Waals surface area contributed by atoms with Gasteiger partial charge in [0.15, 0.2) is 0 Å². The lowest BCUT2D eigenvalue weighted by Gasteiger charge is -1.92. The molecule has 0 unspecified atom stereocenters. The van der Waals surface area contributed by atoms with Crippen molar-refractivity contribution in [1.82, 2.24) is 0 Å². The molecule has 4 heteroatoms. The molecule has 0 atom stereocenters. The van der Waals surface area contributed by atoms with E-state index in [4.69, 9.17) is 0 Å². The molecule has 0 fully saturated rings. The predicted octanol–water partition coefficient (Wildman–Crippen LogP) is 1.14. The second-order valence-corrected chi connectivity index (χ2v) is 1.64. The predicted molar refractivity (Wildman–Crippen MR) is 26.0 cm³/mol. The molecule has 0 saturated carbocycles. The van der Waals surface area contributed by atoms with Crippen molar-refractivity contribution in [2.45, 2.75) is 5.92 Å². The molecule has 0 aliphatic heterocycles. The smallest absolute Gasteiger partial charge is 0.367 e. The Morgan fingerprint density at radius 2 is 1.44 bits per heavy atom. The standard InChI is InChI=1S/C5H6F2O2/c1-8-3-4(9-2)5(3,6)7/h1-2H3. The highest BCUT2D eigenvalue weighted by molar-refractivity contribution is 5.39. The number of allylic oxidation sites excluding steroid dienone is 2. The van der Waals surface area contributed by atoms with Crippen molar-refractivity contribution in [3.05, 3.63) is 11.5 Å². The van der Waals surface area contributed by atoms with E-state index in [0.717, 1.165) is 0 Å². The molecule has 1 rings (SSSR count). The Hall–Kier alpha value is -0.800. The molecule has 0 spiro atoms. The average Bonchev–Trinajstić information content (AvgIpc) is 2.32. The summed E-state index contributed by atoms with van der Waals surface area (Å²) in [6, 6.07) is 0. The average molecular weight is 136 g/mol. The third kappa shape index (κ3) is 0.658. The first kappa shape index (κ1) is 6.32. The van der Waals surface area contributed by atoms with Gasteiger partial charge < -0.3 is 9.47 Å². The zero-order chi connectivity index (χ0) is 7.07. The number of hydrogen-bond acceptors (Lipinski definition) is 2. The maximum atomic E-state index is 12.1. The monoisotopic (exact) mass is 136 g/mol. The van der Waals surface area contributed by atoms with Crippen LogP contribution in [0.25, 0.3) is 0 Å². The molecular weight excluding hydrogens is 130 g/mol. The molecule has 0 heterocycles. The van der Waals surface area contributed by atoms with Crippen LogP contribution in [-0.4, -0.2) is 20.1 Å². The van der Waals surface area contributed by atoms with E-state index in [2.05, 4.69) is 9.47 Å². The first-order valence-corrected chi connectivity index (χ1v) is 2.35. The molecule has 0 bridgehead atoms. The fraction of sp³-hybridized carbons (Fsp3) is 0.600. The summed E-state index contributed by atoms with van der Waals surface area (Å²) in [6.07, 6.45) is 0. The van der Waals surface area contributed by atoms with Gasteiger partial charge in [-0.2, -0.15) is 8.78 Å². The zero-order valence-corrected chi connectivity index (χ0v) is 5.07. The number of alkyl halides is 2. The summed E-state index contributed by atoms with van der Waals surface area (Å²) in [5.41, 5.74) is 0. The van der Waals surface area contributed by atoms with Gasteiger partial charge in [0.2, 0.25) is 11.5 Å². The Balaban J connectivity index is 2.61. The molecule has 0 amide bonds. The zero-order valence-electron chi connectivity index (χ0n) is 5.07. The van der Waals surface area contributed by atoms with E-state index in [-0.39, 0.29) is 11.5 Å². The van der Waals surface area contributed by atoms with Gasteiger partial charge in [-0.15, -0.1) is 0 Å². The van der Waals surface area contributed by atoms with Crippen LogP contribution < -0.4 is 0 Å². The van der Waals surface area contributed by atoms with Crippen LogP contribution >= 0.6 is 0 Å². The lowest BCUT2D eigenvalue weighted by atomic mass is 10.7. The van der Waals surface area contributed by atoms with E-state index in [1.807, 2.05) is 0 Å². The Labute approximate surface area is 51.1 Å². The Morgan fingerprint density at radius 3 is 1.56 bits per heavy atom. The number of halogens is 2. The molecule has 1 aliphatic rings. The van der Waals surface area contributed by atoms with Crippen molar-refractivity contribution < 1.29 is 18.3 Å². The van der Waals surface area contributed by atoms with Crippen LogP contribution in [0, 0.1) is 0 Å². The first-order chi connectivity index (χ1) is 4.14. The maximum absolute atomic E-state index is 12.1. The number of hydrogen-bond donors (Lipinski definition) is 0. The first-order valence-electron chi connectivity index (χ1n) is 2.35. The van der Waals surface area contributed by atoms with Crippen LogP contribution in [0.3, 0.4) is 0 Å². The van der Waals surface area contributed by atoms with E-state index in [0.29, 0.717) is 0 Å². The lowest BCUT2D eigenvalue weighted by molar-refractivity contribution is 0.0615. The largest absolute Gasteiger partial charge is 0.491 e. The van der Waals surface area contributed by atoms with E-state index in [9.17, 15) is 8.78 Å². The number of rotatable bonds is 2. The number of methoxy groups -OCH3 is 2. The molecule has 2 nitrogen and oxygen atoms in total. The van der Waals surface area contributed by atoms with Gasteiger partial charge in [-0.05, 0) is 0 Å². The SMILES string of the molecule is COC1=C(OC)C1(F)F. The van der Waals surface area contributed by atoms with Crippen LogP contribution in [-0.2, 0) is 9.47 Å².